The number of amides is 1. The predicted octanol–water partition coefficient (Wildman–Crippen LogP) is 0.658. The normalized spacial score (nSPS) is 22.2. The molecule has 1 rings (SSSR count). The van der Waals surface area contributed by atoms with Crippen LogP contribution in [0.1, 0.15) is 32.1 Å². The van der Waals surface area contributed by atoms with Gasteiger partial charge >= 0.3 is 0 Å². The van der Waals surface area contributed by atoms with Crippen molar-refractivity contribution < 1.29 is 4.79 Å². The van der Waals surface area contributed by atoms with Gasteiger partial charge in [-0.25, -0.2) is 0 Å². The Labute approximate surface area is 85.6 Å². The van der Waals surface area contributed by atoms with Crippen LogP contribution >= 0.6 is 0 Å². The second kappa shape index (κ2) is 6.44. The molecule has 1 saturated heterocycles. The fourth-order valence-corrected chi connectivity index (χ4v) is 1.60. The summed E-state index contributed by atoms with van der Waals surface area (Å²) in [5.74, 6) is 2.73. The number of hydrogen-bond acceptors (Lipinski definition) is 2. The van der Waals surface area contributed by atoms with Crippen molar-refractivity contribution in [2.45, 2.75) is 38.1 Å². The van der Waals surface area contributed by atoms with Crippen LogP contribution in [0, 0.1) is 12.3 Å². The van der Waals surface area contributed by atoms with E-state index in [9.17, 15) is 4.79 Å². The Balaban J connectivity index is 2.20. The van der Waals surface area contributed by atoms with Crippen molar-refractivity contribution in [2.75, 3.05) is 13.1 Å². The van der Waals surface area contributed by atoms with Crippen LogP contribution in [0.4, 0.5) is 0 Å². The standard InChI is InChI=1S/C11H18N2O/c1-2-3-5-8-12-10-7-4-6-9-13-11(10)14/h1,10,12H,3-9H2,(H,13,14). The summed E-state index contributed by atoms with van der Waals surface area (Å²) in [6, 6.07) is -0.00438. The number of unbranched alkanes of at least 4 members (excludes halogenated alkanes) is 1. The summed E-state index contributed by atoms with van der Waals surface area (Å²) in [6.07, 6.45) is 10.0. The highest BCUT2D eigenvalue weighted by Gasteiger charge is 2.18. The molecule has 0 aliphatic carbocycles. The molecular weight excluding hydrogens is 176 g/mol. The molecule has 0 aromatic rings. The van der Waals surface area contributed by atoms with E-state index in [2.05, 4.69) is 16.6 Å². The van der Waals surface area contributed by atoms with Gasteiger partial charge < -0.3 is 10.6 Å². The number of hydrogen-bond donors (Lipinski definition) is 2. The Hall–Kier alpha value is -1.01. The first-order valence-corrected chi connectivity index (χ1v) is 5.29. The number of nitrogens with one attached hydrogen (secondary N) is 2. The molecular formula is C11H18N2O. The zero-order valence-corrected chi connectivity index (χ0v) is 8.51. The maximum atomic E-state index is 11.5. The lowest BCUT2D eigenvalue weighted by atomic mass is 10.1. The van der Waals surface area contributed by atoms with Crippen molar-refractivity contribution in [3.05, 3.63) is 0 Å². The average molecular weight is 194 g/mol. The van der Waals surface area contributed by atoms with Gasteiger partial charge in [-0.1, -0.05) is 0 Å². The molecule has 1 unspecified atom stereocenters. The maximum absolute atomic E-state index is 11.5. The summed E-state index contributed by atoms with van der Waals surface area (Å²) in [6.45, 7) is 1.66. The van der Waals surface area contributed by atoms with E-state index in [4.69, 9.17) is 6.42 Å². The fraction of sp³-hybridized carbons (Fsp3) is 0.727. The van der Waals surface area contributed by atoms with Crippen molar-refractivity contribution in [1.82, 2.24) is 10.6 Å². The lowest BCUT2D eigenvalue weighted by Gasteiger charge is -2.14. The Morgan fingerprint density at radius 1 is 1.57 bits per heavy atom. The SMILES string of the molecule is C#CCCCNC1CCCCNC1=O. The summed E-state index contributed by atoms with van der Waals surface area (Å²) in [5.41, 5.74) is 0. The van der Waals surface area contributed by atoms with Gasteiger partial charge in [-0.15, -0.1) is 12.3 Å². The van der Waals surface area contributed by atoms with Gasteiger partial charge in [0.15, 0.2) is 0 Å². The van der Waals surface area contributed by atoms with Crippen LogP contribution < -0.4 is 10.6 Å². The van der Waals surface area contributed by atoms with Gasteiger partial charge in [0.2, 0.25) is 5.91 Å². The van der Waals surface area contributed by atoms with Gasteiger partial charge in [-0.3, -0.25) is 4.79 Å². The largest absolute Gasteiger partial charge is 0.355 e. The van der Waals surface area contributed by atoms with E-state index in [0.717, 1.165) is 45.2 Å². The molecule has 1 amide bonds. The quantitative estimate of drug-likeness (QED) is 0.510. The van der Waals surface area contributed by atoms with Gasteiger partial charge in [0.25, 0.3) is 0 Å². The van der Waals surface area contributed by atoms with E-state index in [1.165, 1.54) is 0 Å². The number of carbonyl (C=O) groups excluding carboxylic acids is 1. The van der Waals surface area contributed by atoms with E-state index in [0.29, 0.717) is 0 Å². The van der Waals surface area contributed by atoms with Crippen LogP contribution in [-0.4, -0.2) is 25.0 Å². The Kier molecular flexibility index (Phi) is 5.09. The minimum Gasteiger partial charge on any atom is -0.355 e. The van der Waals surface area contributed by atoms with Gasteiger partial charge in [0.1, 0.15) is 0 Å². The third-order valence-corrected chi connectivity index (χ3v) is 2.42. The molecule has 0 spiro atoms. The van der Waals surface area contributed by atoms with Crippen molar-refractivity contribution in [2.24, 2.45) is 0 Å². The van der Waals surface area contributed by atoms with Crippen LogP contribution in [0.3, 0.4) is 0 Å². The van der Waals surface area contributed by atoms with E-state index in [-0.39, 0.29) is 11.9 Å². The highest BCUT2D eigenvalue weighted by Crippen LogP contribution is 2.05. The topological polar surface area (TPSA) is 41.1 Å². The number of carbonyl (C=O) groups is 1. The smallest absolute Gasteiger partial charge is 0.237 e. The highest BCUT2D eigenvalue weighted by molar-refractivity contribution is 5.81. The fourth-order valence-electron chi connectivity index (χ4n) is 1.60. The minimum atomic E-state index is -0.00438. The summed E-state index contributed by atoms with van der Waals surface area (Å²) in [7, 11) is 0. The summed E-state index contributed by atoms with van der Waals surface area (Å²) in [5, 5.41) is 6.13. The van der Waals surface area contributed by atoms with Gasteiger partial charge in [0.05, 0.1) is 6.04 Å². The molecule has 1 heterocycles. The summed E-state index contributed by atoms with van der Waals surface area (Å²) >= 11 is 0. The maximum Gasteiger partial charge on any atom is 0.237 e. The van der Waals surface area contributed by atoms with Crippen LogP contribution in [0.25, 0.3) is 0 Å². The first-order chi connectivity index (χ1) is 6.84. The van der Waals surface area contributed by atoms with E-state index in [1.807, 2.05) is 0 Å². The molecule has 0 saturated carbocycles. The van der Waals surface area contributed by atoms with Crippen LogP contribution in [0.15, 0.2) is 0 Å². The average Bonchev–Trinajstić information content (AvgIpc) is 2.39. The molecule has 14 heavy (non-hydrogen) atoms. The van der Waals surface area contributed by atoms with Gasteiger partial charge in [-0.05, 0) is 32.2 Å². The lowest BCUT2D eigenvalue weighted by Crippen LogP contribution is -2.43. The van der Waals surface area contributed by atoms with Gasteiger partial charge in [-0.2, -0.15) is 0 Å². The van der Waals surface area contributed by atoms with Crippen LogP contribution in [-0.2, 0) is 4.79 Å². The molecule has 3 heteroatoms. The Bertz CT molecular complexity index is 220. The lowest BCUT2D eigenvalue weighted by molar-refractivity contribution is -0.122. The Morgan fingerprint density at radius 2 is 2.43 bits per heavy atom. The van der Waals surface area contributed by atoms with E-state index in [1.54, 1.807) is 0 Å². The minimum absolute atomic E-state index is 0.00438. The first kappa shape index (κ1) is 11.1. The molecule has 0 bridgehead atoms. The number of terminal acetylenes is 1. The molecule has 3 nitrogen and oxygen atoms in total. The molecule has 1 aliphatic rings. The second-order valence-corrected chi connectivity index (χ2v) is 3.60. The van der Waals surface area contributed by atoms with Crippen molar-refractivity contribution >= 4 is 5.91 Å². The molecule has 0 radical (unpaired) electrons. The highest BCUT2D eigenvalue weighted by atomic mass is 16.2. The Morgan fingerprint density at radius 3 is 3.21 bits per heavy atom. The predicted molar refractivity (Wildman–Crippen MR) is 56.7 cm³/mol. The monoisotopic (exact) mass is 194 g/mol. The molecule has 1 atom stereocenters. The summed E-state index contributed by atoms with van der Waals surface area (Å²) < 4.78 is 0. The molecule has 0 aromatic carbocycles. The molecule has 2 N–H and O–H groups in total. The van der Waals surface area contributed by atoms with Gasteiger partial charge in [0, 0.05) is 13.0 Å². The third-order valence-electron chi connectivity index (χ3n) is 2.42. The summed E-state index contributed by atoms with van der Waals surface area (Å²) in [4.78, 5) is 11.5. The first-order valence-electron chi connectivity index (χ1n) is 5.29. The van der Waals surface area contributed by atoms with E-state index >= 15 is 0 Å². The van der Waals surface area contributed by atoms with Crippen molar-refractivity contribution in [3.8, 4) is 12.3 Å². The third kappa shape index (κ3) is 3.80. The van der Waals surface area contributed by atoms with E-state index < -0.39 is 0 Å². The zero-order valence-electron chi connectivity index (χ0n) is 8.51. The van der Waals surface area contributed by atoms with Crippen LogP contribution in [0.2, 0.25) is 0 Å². The van der Waals surface area contributed by atoms with Crippen molar-refractivity contribution in [1.29, 1.82) is 0 Å². The molecule has 1 fully saturated rings. The molecule has 1 aliphatic heterocycles. The van der Waals surface area contributed by atoms with Crippen LogP contribution in [0.5, 0.6) is 0 Å². The number of rotatable bonds is 4. The van der Waals surface area contributed by atoms with Crippen molar-refractivity contribution in [3.63, 3.8) is 0 Å². The zero-order chi connectivity index (χ0) is 10.2. The molecule has 0 aromatic heterocycles. The second-order valence-electron chi connectivity index (χ2n) is 3.60. The molecule has 78 valence electrons.